The third kappa shape index (κ3) is 8.65. The highest BCUT2D eigenvalue weighted by atomic mass is 127. The molecule has 2 fully saturated rings. The summed E-state index contributed by atoms with van der Waals surface area (Å²) in [5.41, 5.74) is -0.239. The summed E-state index contributed by atoms with van der Waals surface area (Å²) in [6.45, 7) is 11.3. The number of nitrogens with one attached hydrogen (secondary N) is 2. The van der Waals surface area contributed by atoms with Crippen molar-refractivity contribution in [3.05, 3.63) is 0 Å². The Balaban J connectivity index is 0.00000420. The van der Waals surface area contributed by atoms with Gasteiger partial charge in [0.05, 0.1) is 6.54 Å². The van der Waals surface area contributed by atoms with Gasteiger partial charge in [-0.05, 0) is 33.6 Å². The monoisotopic (exact) mass is 522 g/mol. The lowest BCUT2D eigenvalue weighted by molar-refractivity contribution is -0.139. The van der Waals surface area contributed by atoms with E-state index in [1.54, 1.807) is 7.05 Å². The van der Waals surface area contributed by atoms with E-state index in [2.05, 4.69) is 20.5 Å². The molecule has 2 rings (SSSR count). The minimum atomic E-state index is -0.239. The fourth-order valence-corrected chi connectivity index (χ4v) is 3.56. The van der Waals surface area contributed by atoms with Crippen molar-refractivity contribution in [1.29, 1.82) is 0 Å². The highest BCUT2D eigenvalue weighted by molar-refractivity contribution is 14.0. The summed E-state index contributed by atoms with van der Waals surface area (Å²) in [7, 11) is 3.59. The average Bonchev–Trinajstić information content (AvgIpc) is 2.55. The number of piperazine rings is 1. The van der Waals surface area contributed by atoms with Crippen LogP contribution in [0.5, 0.6) is 0 Å². The van der Waals surface area contributed by atoms with Crippen LogP contribution in [-0.4, -0.2) is 97.9 Å². The van der Waals surface area contributed by atoms with Crippen molar-refractivity contribution in [1.82, 2.24) is 25.3 Å². The van der Waals surface area contributed by atoms with E-state index in [0.29, 0.717) is 17.8 Å². The molecule has 0 atom stereocenters. The molecule has 1 saturated carbocycles. The number of halogens is 1. The number of rotatable bonds is 6. The number of carbonyl (C=O) groups is 2. The molecule has 1 aliphatic carbocycles. The molecule has 0 aromatic rings. The molecule has 9 heteroatoms. The Hall–Kier alpha value is -1.10. The summed E-state index contributed by atoms with van der Waals surface area (Å²) in [5.74, 6) is 1.34. The summed E-state index contributed by atoms with van der Waals surface area (Å²) in [4.78, 5) is 34.9. The minimum absolute atomic E-state index is 0. The van der Waals surface area contributed by atoms with Crippen LogP contribution in [0.25, 0.3) is 0 Å². The first-order valence-corrected chi connectivity index (χ1v) is 10.4. The van der Waals surface area contributed by atoms with Crippen molar-refractivity contribution in [3.8, 4) is 0 Å². The number of guanidine groups is 1. The van der Waals surface area contributed by atoms with E-state index < -0.39 is 0 Å². The highest BCUT2D eigenvalue weighted by Gasteiger charge is 2.31. The van der Waals surface area contributed by atoms with Crippen LogP contribution in [0.2, 0.25) is 0 Å². The SMILES string of the molecule is CN=C(NCCN1CCN(C(=O)C2CCC2)CC1)N(C)CC(=O)NC(C)(C)C.I. The van der Waals surface area contributed by atoms with Crippen LogP contribution in [0.4, 0.5) is 0 Å². The van der Waals surface area contributed by atoms with E-state index in [1.165, 1.54) is 6.42 Å². The van der Waals surface area contributed by atoms with Gasteiger partial charge in [0, 0.05) is 64.8 Å². The summed E-state index contributed by atoms with van der Waals surface area (Å²) < 4.78 is 0. The van der Waals surface area contributed by atoms with Gasteiger partial charge in [-0.2, -0.15) is 0 Å². The van der Waals surface area contributed by atoms with Crippen molar-refractivity contribution in [2.45, 2.75) is 45.6 Å². The molecule has 1 aliphatic heterocycles. The number of aliphatic imine (C=N–C) groups is 1. The zero-order chi connectivity index (χ0) is 20.7. The molecule has 29 heavy (non-hydrogen) atoms. The Kier molecular flexibility index (Phi) is 10.7. The Labute approximate surface area is 192 Å². The van der Waals surface area contributed by atoms with Crippen LogP contribution in [-0.2, 0) is 9.59 Å². The smallest absolute Gasteiger partial charge is 0.240 e. The number of hydrogen-bond donors (Lipinski definition) is 2. The summed E-state index contributed by atoms with van der Waals surface area (Å²) in [5, 5.41) is 6.29. The van der Waals surface area contributed by atoms with E-state index in [4.69, 9.17) is 0 Å². The fourth-order valence-electron chi connectivity index (χ4n) is 3.56. The average molecular weight is 522 g/mol. The predicted octanol–water partition coefficient (Wildman–Crippen LogP) is 0.971. The van der Waals surface area contributed by atoms with Crippen LogP contribution in [0.1, 0.15) is 40.0 Å². The molecule has 0 aromatic carbocycles. The van der Waals surface area contributed by atoms with Gasteiger partial charge in [0.15, 0.2) is 5.96 Å². The van der Waals surface area contributed by atoms with Gasteiger partial charge in [-0.15, -0.1) is 24.0 Å². The number of hydrogen-bond acceptors (Lipinski definition) is 4. The van der Waals surface area contributed by atoms with E-state index in [-0.39, 0.29) is 42.0 Å². The maximum absolute atomic E-state index is 12.3. The Morgan fingerprint density at radius 1 is 1.14 bits per heavy atom. The first kappa shape index (κ1) is 25.9. The molecule has 168 valence electrons. The van der Waals surface area contributed by atoms with Gasteiger partial charge in [-0.25, -0.2) is 0 Å². The molecule has 2 aliphatic rings. The van der Waals surface area contributed by atoms with E-state index in [1.807, 2.05) is 37.6 Å². The molecule has 2 amide bonds. The second kappa shape index (κ2) is 11.9. The standard InChI is InChI=1S/C20H38N6O2.HI/c1-20(2,3)23-17(27)15-24(5)19(21-4)22-9-10-25-11-13-26(14-12-25)18(28)16-7-6-8-16;/h16H,6-15H2,1-5H3,(H,21,22)(H,23,27);1H. The van der Waals surface area contributed by atoms with Crippen LogP contribution >= 0.6 is 24.0 Å². The quantitative estimate of drug-likeness (QED) is 0.309. The molecule has 0 radical (unpaired) electrons. The van der Waals surface area contributed by atoms with Crippen molar-refractivity contribution >= 4 is 41.8 Å². The van der Waals surface area contributed by atoms with Gasteiger partial charge in [0.2, 0.25) is 11.8 Å². The van der Waals surface area contributed by atoms with Crippen molar-refractivity contribution in [2.24, 2.45) is 10.9 Å². The van der Waals surface area contributed by atoms with Gasteiger partial charge < -0.3 is 20.4 Å². The molecule has 0 bridgehead atoms. The first-order chi connectivity index (χ1) is 13.2. The lowest BCUT2D eigenvalue weighted by atomic mass is 9.84. The Bertz CT molecular complexity index is 566. The van der Waals surface area contributed by atoms with Gasteiger partial charge in [-0.1, -0.05) is 6.42 Å². The summed E-state index contributed by atoms with van der Waals surface area (Å²) >= 11 is 0. The summed E-state index contributed by atoms with van der Waals surface area (Å²) in [6, 6.07) is 0. The largest absolute Gasteiger partial charge is 0.355 e. The number of amides is 2. The number of nitrogens with zero attached hydrogens (tertiary/aromatic N) is 4. The maximum Gasteiger partial charge on any atom is 0.240 e. The summed E-state index contributed by atoms with van der Waals surface area (Å²) in [6.07, 6.45) is 3.35. The molecule has 1 heterocycles. The molecule has 0 aromatic heterocycles. The van der Waals surface area contributed by atoms with Crippen molar-refractivity contribution in [3.63, 3.8) is 0 Å². The van der Waals surface area contributed by atoms with E-state index in [9.17, 15) is 9.59 Å². The third-order valence-corrected chi connectivity index (χ3v) is 5.32. The van der Waals surface area contributed by atoms with E-state index in [0.717, 1.165) is 52.1 Å². The van der Waals surface area contributed by atoms with Crippen molar-refractivity contribution < 1.29 is 9.59 Å². The Morgan fingerprint density at radius 3 is 2.24 bits per heavy atom. The molecule has 8 nitrogen and oxygen atoms in total. The molecule has 2 N–H and O–H groups in total. The van der Waals surface area contributed by atoms with E-state index >= 15 is 0 Å². The van der Waals surface area contributed by atoms with Gasteiger partial charge in [-0.3, -0.25) is 19.5 Å². The Morgan fingerprint density at radius 2 is 1.76 bits per heavy atom. The number of likely N-dealkylation sites (N-methyl/N-ethyl adjacent to an activating group) is 1. The van der Waals surface area contributed by atoms with Crippen LogP contribution in [0.3, 0.4) is 0 Å². The topological polar surface area (TPSA) is 80.3 Å². The molecular weight excluding hydrogens is 483 g/mol. The normalized spacial score (nSPS) is 18.5. The molecule has 0 unspecified atom stereocenters. The lowest BCUT2D eigenvalue weighted by Gasteiger charge is -2.38. The van der Waals surface area contributed by atoms with Crippen LogP contribution < -0.4 is 10.6 Å². The minimum Gasteiger partial charge on any atom is -0.355 e. The van der Waals surface area contributed by atoms with Crippen LogP contribution in [0.15, 0.2) is 4.99 Å². The van der Waals surface area contributed by atoms with Gasteiger partial charge in [0.25, 0.3) is 0 Å². The number of carbonyl (C=O) groups excluding carboxylic acids is 2. The van der Waals surface area contributed by atoms with Gasteiger partial charge in [0.1, 0.15) is 0 Å². The lowest BCUT2D eigenvalue weighted by Crippen LogP contribution is -2.53. The second-order valence-electron chi connectivity index (χ2n) is 8.92. The first-order valence-electron chi connectivity index (χ1n) is 10.4. The fraction of sp³-hybridized carbons (Fsp3) is 0.850. The maximum atomic E-state index is 12.3. The molecule has 1 saturated heterocycles. The molecule has 0 spiro atoms. The zero-order valence-electron chi connectivity index (χ0n) is 18.7. The predicted molar refractivity (Wildman–Crippen MR) is 128 cm³/mol. The second-order valence-corrected chi connectivity index (χ2v) is 8.92. The highest BCUT2D eigenvalue weighted by Crippen LogP contribution is 2.28. The van der Waals surface area contributed by atoms with Crippen molar-refractivity contribution in [2.75, 3.05) is 59.9 Å². The molecular formula is C20H39IN6O2. The zero-order valence-corrected chi connectivity index (χ0v) is 21.0. The third-order valence-electron chi connectivity index (χ3n) is 5.32. The van der Waals surface area contributed by atoms with Crippen LogP contribution in [0, 0.1) is 5.92 Å². The van der Waals surface area contributed by atoms with Gasteiger partial charge >= 0.3 is 0 Å².